The second-order valence-corrected chi connectivity index (χ2v) is 5.41. The van der Waals surface area contributed by atoms with Crippen LogP contribution in [0, 0.1) is 0 Å². The van der Waals surface area contributed by atoms with Crippen molar-refractivity contribution in [1.82, 2.24) is 14.8 Å². The van der Waals surface area contributed by atoms with Gasteiger partial charge in [0.15, 0.2) is 5.65 Å². The number of fused-ring (bicyclic) bond motifs is 1. The molecule has 0 saturated heterocycles. The van der Waals surface area contributed by atoms with Crippen molar-refractivity contribution >= 4 is 22.6 Å². The summed E-state index contributed by atoms with van der Waals surface area (Å²) in [4.78, 5) is 4.64. The third-order valence-electron chi connectivity index (χ3n) is 3.53. The zero-order chi connectivity index (χ0) is 14.9. The van der Waals surface area contributed by atoms with Gasteiger partial charge in [-0.2, -0.15) is 0 Å². The van der Waals surface area contributed by atoms with Crippen molar-refractivity contribution in [2.75, 3.05) is 0 Å². The van der Waals surface area contributed by atoms with E-state index in [2.05, 4.69) is 10.1 Å². The number of aromatic nitrogens is 3. The van der Waals surface area contributed by atoms with E-state index in [4.69, 9.17) is 11.6 Å². The first-order chi connectivity index (χ1) is 10.8. The number of pyridine rings is 1. The van der Waals surface area contributed by atoms with Crippen LogP contribution >= 0.6 is 11.6 Å². The first-order valence-corrected chi connectivity index (χ1v) is 7.36. The van der Waals surface area contributed by atoms with Crippen molar-refractivity contribution in [2.24, 2.45) is 0 Å². The summed E-state index contributed by atoms with van der Waals surface area (Å²) < 4.78 is 1.80. The molecule has 0 N–H and O–H groups in total. The molecule has 4 heteroatoms. The van der Waals surface area contributed by atoms with E-state index in [9.17, 15) is 0 Å². The van der Waals surface area contributed by atoms with Crippen molar-refractivity contribution in [1.29, 1.82) is 0 Å². The molecule has 0 fully saturated rings. The van der Waals surface area contributed by atoms with E-state index in [0.29, 0.717) is 10.7 Å². The highest BCUT2D eigenvalue weighted by molar-refractivity contribution is 6.35. The Kier molecular flexibility index (Phi) is 3.13. The van der Waals surface area contributed by atoms with Crippen molar-refractivity contribution in [3.8, 4) is 16.9 Å². The number of halogens is 1. The highest BCUT2D eigenvalue weighted by atomic mass is 35.5. The third kappa shape index (κ3) is 2.26. The van der Waals surface area contributed by atoms with Crippen LogP contribution in [0.1, 0.15) is 0 Å². The van der Waals surface area contributed by atoms with E-state index >= 15 is 0 Å². The van der Waals surface area contributed by atoms with Gasteiger partial charge in [-0.05, 0) is 18.2 Å². The van der Waals surface area contributed by atoms with Crippen molar-refractivity contribution in [3.05, 3.63) is 77.9 Å². The van der Waals surface area contributed by atoms with Gasteiger partial charge in [0.1, 0.15) is 0 Å². The maximum absolute atomic E-state index is 6.42. The topological polar surface area (TPSA) is 30.7 Å². The number of benzene rings is 2. The number of hydrogen-bond acceptors (Lipinski definition) is 2. The first kappa shape index (κ1) is 13.0. The molecule has 4 rings (SSSR count). The zero-order valence-corrected chi connectivity index (χ0v) is 12.4. The fraction of sp³-hybridized carbons (Fsp3) is 0. The molecular formula is C18H12ClN3. The average Bonchev–Trinajstić information content (AvgIpc) is 3.01. The summed E-state index contributed by atoms with van der Waals surface area (Å²) in [6.07, 6.45) is 1.91. The minimum absolute atomic E-state index is 0.648. The van der Waals surface area contributed by atoms with Crippen LogP contribution < -0.4 is 0 Å². The van der Waals surface area contributed by atoms with E-state index in [1.807, 2.05) is 72.9 Å². The molecule has 22 heavy (non-hydrogen) atoms. The highest BCUT2D eigenvalue weighted by Gasteiger charge is 2.10. The van der Waals surface area contributed by atoms with Gasteiger partial charge >= 0.3 is 0 Å². The Morgan fingerprint density at radius 1 is 0.864 bits per heavy atom. The van der Waals surface area contributed by atoms with Gasteiger partial charge in [0.2, 0.25) is 0 Å². The highest BCUT2D eigenvalue weighted by Crippen LogP contribution is 2.28. The first-order valence-electron chi connectivity index (χ1n) is 6.98. The molecule has 4 aromatic rings. The number of nitrogens with zero attached hydrogens (tertiary/aromatic N) is 3. The molecule has 2 aromatic heterocycles. The van der Waals surface area contributed by atoms with Crippen LogP contribution in [0.25, 0.3) is 28.0 Å². The molecule has 106 valence electrons. The molecule has 0 spiro atoms. The van der Waals surface area contributed by atoms with Gasteiger partial charge in [-0.15, -0.1) is 5.10 Å². The molecule has 0 atom stereocenters. The Morgan fingerprint density at radius 2 is 1.55 bits per heavy atom. The van der Waals surface area contributed by atoms with Gasteiger partial charge < -0.3 is 0 Å². The number of para-hydroxylation sites is 1. The van der Waals surface area contributed by atoms with Crippen LogP contribution in [0.15, 0.2) is 72.9 Å². The quantitative estimate of drug-likeness (QED) is 0.535. The zero-order valence-electron chi connectivity index (χ0n) is 11.6. The molecule has 0 amide bonds. The van der Waals surface area contributed by atoms with E-state index in [1.54, 1.807) is 4.68 Å². The van der Waals surface area contributed by atoms with Crippen LogP contribution in [0.2, 0.25) is 5.02 Å². The fourth-order valence-electron chi connectivity index (χ4n) is 2.43. The lowest BCUT2D eigenvalue weighted by atomic mass is 10.1. The second-order valence-electron chi connectivity index (χ2n) is 5.00. The summed E-state index contributed by atoms with van der Waals surface area (Å²) in [6.45, 7) is 0. The molecule has 2 heterocycles. The van der Waals surface area contributed by atoms with Crippen LogP contribution in [0.5, 0.6) is 0 Å². The summed E-state index contributed by atoms with van der Waals surface area (Å²) in [5.41, 5.74) is 3.49. The Labute approximate surface area is 132 Å². The minimum atomic E-state index is 0.648. The minimum Gasteiger partial charge on any atom is -0.238 e. The Balaban J connectivity index is 1.88. The van der Waals surface area contributed by atoms with E-state index in [0.717, 1.165) is 22.3 Å². The summed E-state index contributed by atoms with van der Waals surface area (Å²) in [5.74, 6) is 0. The largest absolute Gasteiger partial charge is 0.238 e. The van der Waals surface area contributed by atoms with Gasteiger partial charge in [0, 0.05) is 11.8 Å². The molecule has 0 radical (unpaired) electrons. The molecule has 0 unspecified atom stereocenters. The Morgan fingerprint density at radius 3 is 2.27 bits per heavy atom. The predicted octanol–water partition coefficient (Wildman–Crippen LogP) is 4.74. The normalized spacial score (nSPS) is 11.0. The monoisotopic (exact) mass is 305 g/mol. The van der Waals surface area contributed by atoms with Crippen LogP contribution in [-0.2, 0) is 0 Å². The lowest BCUT2D eigenvalue weighted by Crippen LogP contribution is -1.93. The third-order valence-corrected chi connectivity index (χ3v) is 3.84. The predicted molar refractivity (Wildman–Crippen MR) is 89.3 cm³/mol. The lowest BCUT2D eigenvalue weighted by Gasteiger charge is -2.01. The van der Waals surface area contributed by atoms with E-state index in [1.165, 1.54) is 0 Å². The van der Waals surface area contributed by atoms with Crippen LogP contribution in [0.3, 0.4) is 0 Å². The summed E-state index contributed by atoms with van der Waals surface area (Å²) in [5, 5.41) is 6.06. The van der Waals surface area contributed by atoms with Crippen LogP contribution in [0.4, 0.5) is 0 Å². The van der Waals surface area contributed by atoms with Crippen molar-refractivity contribution in [2.45, 2.75) is 0 Å². The summed E-state index contributed by atoms with van der Waals surface area (Å²) in [6, 6.07) is 21.8. The van der Waals surface area contributed by atoms with Gasteiger partial charge in [0.05, 0.1) is 21.8 Å². The van der Waals surface area contributed by atoms with Gasteiger partial charge in [0.25, 0.3) is 0 Å². The van der Waals surface area contributed by atoms with Crippen molar-refractivity contribution < 1.29 is 0 Å². The van der Waals surface area contributed by atoms with Crippen LogP contribution in [-0.4, -0.2) is 14.8 Å². The molecular weight excluding hydrogens is 294 g/mol. The SMILES string of the molecule is Clc1cc(-c2ccccc2)nc2nn(-c3ccccc3)cc12. The summed E-state index contributed by atoms with van der Waals surface area (Å²) >= 11 is 6.42. The maximum atomic E-state index is 6.42. The van der Waals surface area contributed by atoms with E-state index in [-0.39, 0.29) is 0 Å². The molecule has 2 aromatic carbocycles. The van der Waals surface area contributed by atoms with Gasteiger partial charge in [-0.25, -0.2) is 9.67 Å². The fourth-order valence-corrected chi connectivity index (χ4v) is 2.67. The standard InChI is InChI=1S/C18H12ClN3/c19-16-11-17(13-7-3-1-4-8-13)20-18-15(16)12-22(21-18)14-9-5-2-6-10-14/h1-12H. The Bertz CT molecular complexity index is 931. The molecule has 0 saturated carbocycles. The smallest absolute Gasteiger partial charge is 0.183 e. The molecule has 0 aliphatic heterocycles. The maximum Gasteiger partial charge on any atom is 0.183 e. The Hall–Kier alpha value is -2.65. The van der Waals surface area contributed by atoms with E-state index < -0.39 is 0 Å². The molecule has 0 aliphatic carbocycles. The number of rotatable bonds is 2. The van der Waals surface area contributed by atoms with Crippen molar-refractivity contribution in [3.63, 3.8) is 0 Å². The molecule has 3 nitrogen and oxygen atoms in total. The number of hydrogen-bond donors (Lipinski definition) is 0. The van der Waals surface area contributed by atoms with Gasteiger partial charge in [-0.1, -0.05) is 60.1 Å². The lowest BCUT2D eigenvalue weighted by molar-refractivity contribution is 0.890. The van der Waals surface area contributed by atoms with Gasteiger partial charge in [-0.3, -0.25) is 0 Å². The second kappa shape index (κ2) is 5.28. The molecule has 0 bridgehead atoms. The summed E-state index contributed by atoms with van der Waals surface area (Å²) in [7, 11) is 0. The average molecular weight is 306 g/mol. The molecule has 0 aliphatic rings.